The average molecular weight is 271 g/mol. The van der Waals surface area contributed by atoms with Crippen LogP contribution in [0.3, 0.4) is 0 Å². The monoisotopic (exact) mass is 271 g/mol. The van der Waals surface area contributed by atoms with Crippen molar-refractivity contribution in [2.24, 2.45) is 11.7 Å². The molecule has 0 saturated carbocycles. The van der Waals surface area contributed by atoms with Crippen LogP contribution in [-0.4, -0.2) is 29.5 Å². The van der Waals surface area contributed by atoms with Gasteiger partial charge in [-0.25, -0.2) is 0 Å². The Morgan fingerprint density at radius 1 is 1.56 bits per heavy atom. The Balaban J connectivity index is 2.39. The minimum atomic E-state index is -0.344. The molecule has 0 aliphatic rings. The first-order valence-corrected chi connectivity index (χ1v) is 6.94. The molecule has 0 aliphatic carbocycles. The highest BCUT2D eigenvalue weighted by Gasteiger charge is 2.12. The fourth-order valence-corrected chi connectivity index (χ4v) is 2.36. The van der Waals surface area contributed by atoms with Crippen molar-refractivity contribution in [1.82, 2.24) is 4.90 Å². The zero-order valence-corrected chi connectivity index (χ0v) is 11.9. The van der Waals surface area contributed by atoms with Crippen LogP contribution in [0.25, 0.3) is 0 Å². The third-order valence-electron chi connectivity index (χ3n) is 2.97. The van der Waals surface area contributed by atoms with E-state index in [9.17, 15) is 10.1 Å². The van der Waals surface area contributed by atoms with E-state index in [2.05, 4.69) is 18.7 Å². The van der Waals surface area contributed by atoms with Crippen molar-refractivity contribution in [2.75, 3.05) is 13.6 Å². The Hall–Kier alpha value is -0.980. The van der Waals surface area contributed by atoms with Crippen LogP contribution in [0.2, 0.25) is 0 Å². The molecule has 1 heterocycles. The summed E-state index contributed by atoms with van der Waals surface area (Å²) in [5.41, 5.74) is 6.98. The molecule has 6 heteroatoms. The predicted octanol–water partition coefficient (Wildman–Crippen LogP) is 2.46. The number of thiophene rings is 1. The Labute approximate surface area is 112 Å². The second kappa shape index (κ2) is 6.82. The molecule has 1 aromatic heterocycles. The summed E-state index contributed by atoms with van der Waals surface area (Å²) >= 11 is 1.18. The third kappa shape index (κ3) is 4.72. The van der Waals surface area contributed by atoms with Gasteiger partial charge in [-0.05, 0) is 31.5 Å². The molecule has 5 nitrogen and oxygen atoms in total. The first-order chi connectivity index (χ1) is 8.40. The molecule has 0 aliphatic heterocycles. The molecule has 1 unspecified atom stereocenters. The molecule has 0 bridgehead atoms. The lowest BCUT2D eigenvalue weighted by atomic mass is 10.0. The van der Waals surface area contributed by atoms with E-state index < -0.39 is 0 Å². The molecule has 0 radical (unpaired) electrons. The smallest absolute Gasteiger partial charge is 0.324 e. The van der Waals surface area contributed by atoms with Crippen molar-refractivity contribution < 1.29 is 4.92 Å². The van der Waals surface area contributed by atoms with E-state index in [1.807, 2.05) is 12.4 Å². The van der Waals surface area contributed by atoms with Crippen molar-refractivity contribution >= 4 is 16.3 Å². The molecule has 0 amide bonds. The van der Waals surface area contributed by atoms with Gasteiger partial charge < -0.3 is 10.6 Å². The van der Waals surface area contributed by atoms with Gasteiger partial charge in [0.25, 0.3) is 0 Å². The summed E-state index contributed by atoms with van der Waals surface area (Å²) in [7, 11) is 2.01. The maximum atomic E-state index is 10.6. The highest BCUT2D eigenvalue weighted by molar-refractivity contribution is 7.13. The third-order valence-corrected chi connectivity index (χ3v) is 3.90. The zero-order valence-electron chi connectivity index (χ0n) is 11.1. The lowest BCUT2D eigenvalue weighted by Crippen LogP contribution is -2.31. The Morgan fingerprint density at radius 3 is 2.72 bits per heavy atom. The molecular weight excluding hydrogens is 250 g/mol. The minimum Gasteiger partial charge on any atom is -0.327 e. The molecule has 2 N–H and O–H groups in total. The van der Waals surface area contributed by atoms with Crippen LogP contribution in [0.1, 0.15) is 25.8 Å². The second-order valence-corrected chi connectivity index (χ2v) is 5.87. The van der Waals surface area contributed by atoms with E-state index >= 15 is 0 Å². The van der Waals surface area contributed by atoms with Gasteiger partial charge in [0.1, 0.15) is 0 Å². The van der Waals surface area contributed by atoms with E-state index in [-0.39, 0.29) is 16.0 Å². The number of nitrogens with zero attached hydrogens (tertiary/aromatic N) is 2. The first-order valence-electron chi connectivity index (χ1n) is 6.06. The Kier molecular flexibility index (Phi) is 5.71. The standard InChI is InChI=1S/C12H21N3O2S/c1-9(2)11(13)4-5-14(3)7-10-6-12(15(16)17)18-8-10/h6,8-9,11H,4-5,7,13H2,1-3H3. The van der Waals surface area contributed by atoms with Gasteiger partial charge in [-0.2, -0.15) is 0 Å². The molecule has 102 valence electrons. The van der Waals surface area contributed by atoms with Crippen molar-refractivity contribution in [3.8, 4) is 0 Å². The van der Waals surface area contributed by atoms with Crippen molar-refractivity contribution in [2.45, 2.75) is 32.9 Å². The van der Waals surface area contributed by atoms with Crippen LogP contribution in [0.4, 0.5) is 5.00 Å². The summed E-state index contributed by atoms with van der Waals surface area (Å²) < 4.78 is 0. The quantitative estimate of drug-likeness (QED) is 0.610. The summed E-state index contributed by atoms with van der Waals surface area (Å²) in [6.45, 7) is 5.87. The maximum absolute atomic E-state index is 10.6. The fraction of sp³-hybridized carbons (Fsp3) is 0.667. The van der Waals surface area contributed by atoms with Crippen LogP contribution in [0.5, 0.6) is 0 Å². The van der Waals surface area contributed by atoms with Gasteiger partial charge in [0, 0.05) is 24.0 Å². The molecule has 18 heavy (non-hydrogen) atoms. The predicted molar refractivity (Wildman–Crippen MR) is 74.7 cm³/mol. The number of nitrogens with two attached hydrogens (primary N) is 1. The second-order valence-electron chi connectivity index (χ2n) is 4.98. The number of rotatable bonds is 7. The summed E-state index contributed by atoms with van der Waals surface area (Å²) in [4.78, 5) is 12.4. The molecular formula is C12H21N3O2S. The lowest BCUT2D eigenvalue weighted by Gasteiger charge is -2.20. The van der Waals surface area contributed by atoms with Gasteiger partial charge in [-0.15, -0.1) is 0 Å². The minimum absolute atomic E-state index is 0.206. The summed E-state index contributed by atoms with van der Waals surface area (Å²) in [6, 6.07) is 1.85. The van der Waals surface area contributed by atoms with E-state index in [1.165, 1.54) is 11.3 Å². The van der Waals surface area contributed by atoms with E-state index in [0.717, 1.165) is 25.1 Å². The highest BCUT2D eigenvalue weighted by Crippen LogP contribution is 2.23. The Morgan fingerprint density at radius 2 is 2.22 bits per heavy atom. The van der Waals surface area contributed by atoms with Gasteiger partial charge in [-0.1, -0.05) is 25.2 Å². The van der Waals surface area contributed by atoms with Crippen LogP contribution < -0.4 is 5.73 Å². The molecule has 0 saturated heterocycles. The number of nitro groups is 1. The lowest BCUT2D eigenvalue weighted by molar-refractivity contribution is -0.380. The van der Waals surface area contributed by atoms with E-state index in [4.69, 9.17) is 5.73 Å². The molecule has 0 spiro atoms. The van der Waals surface area contributed by atoms with E-state index in [1.54, 1.807) is 6.07 Å². The van der Waals surface area contributed by atoms with Gasteiger partial charge in [0.2, 0.25) is 0 Å². The maximum Gasteiger partial charge on any atom is 0.324 e. The largest absolute Gasteiger partial charge is 0.327 e. The van der Waals surface area contributed by atoms with Crippen LogP contribution in [0, 0.1) is 16.0 Å². The van der Waals surface area contributed by atoms with Crippen molar-refractivity contribution in [3.63, 3.8) is 0 Å². The summed E-state index contributed by atoms with van der Waals surface area (Å²) in [6.07, 6.45) is 0.945. The SMILES string of the molecule is CC(C)C(N)CCN(C)Cc1csc([N+](=O)[O-])c1. The first kappa shape index (κ1) is 15.1. The Bertz CT molecular complexity index is 392. The molecule has 0 aromatic carbocycles. The fourth-order valence-electron chi connectivity index (χ4n) is 1.63. The summed E-state index contributed by atoms with van der Waals surface area (Å²) in [5, 5.41) is 12.6. The molecule has 1 rings (SSSR count). The van der Waals surface area contributed by atoms with E-state index in [0.29, 0.717) is 5.92 Å². The van der Waals surface area contributed by atoms with Gasteiger partial charge >= 0.3 is 5.00 Å². The number of hydrogen-bond acceptors (Lipinski definition) is 5. The summed E-state index contributed by atoms with van der Waals surface area (Å²) in [5.74, 6) is 0.487. The normalized spacial score (nSPS) is 13.2. The number of hydrogen-bond donors (Lipinski definition) is 1. The van der Waals surface area contributed by atoms with Crippen LogP contribution in [0.15, 0.2) is 11.4 Å². The zero-order chi connectivity index (χ0) is 13.7. The molecule has 1 atom stereocenters. The van der Waals surface area contributed by atoms with Crippen LogP contribution in [-0.2, 0) is 6.54 Å². The average Bonchev–Trinajstić information content (AvgIpc) is 2.74. The molecule has 0 fully saturated rings. The van der Waals surface area contributed by atoms with Crippen LogP contribution >= 0.6 is 11.3 Å². The highest BCUT2D eigenvalue weighted by atomic mass is 32.1. The van der Waals surface area contributed by atoms with Gasteiger partial charge in [-0.3, -0.25) is 10.1 Å². The van der Waals surface area contributed by atoms with Gasteiger partial charge in [0.15, 0.2) is 0 Å². The molecule has 1 aromatic rings. The van der Waals surface area contributed by atoms with Crippen molar-refractivity contribution in [1.29, 1.82) is 0 Å². The topological polar surface area (TPSA) is 72.4 Å². The van der Waals surface area contributed by atoms with Crippen molar-refractivity contribution in [3.05, 3.63) is 27.1 Å². The van der Waals surface area contributed by atoms with Gasteiger partial charge in [0.05, 0.1) is 4.92 Å².